The van der Waals surface area contributed by atoms with Crippen LogP contribution in [0, 0.1) is 5.92 Å². The first-order valence-electron chi connectivity index (χ1n) is 5.22. The van der Waals surface area contributed by atoms with Crippen molar-refractivity contribution in [3.63, 3.8) is 0 Å². The van der Waals surface area contributed by atoms with Gasteiger partial charge >= 0.3 is 0 Å². The lowest BCUT2D eigenvalue weighted by molar-refractivity contribution is -0.136. The second-order valence-electron chi connectivity index (χ2n) is 4.50. The monoisotopic (exact) mass is 198 g/mol. The highest BCUT2D eigenvalue weighted by atomic mass is 16.5. The molecular weight excluding hydrogens is 180 g/mol. The number of piperidine rings is 1. The zero-order chi connectivity index (χ0) is 10.1. The molecule has 1 unspecified atom stereocenters. The van der Waals surface area contributed by atoms with Crippen LogP contribution in [0.25, 0.3) is 0 Å². The molecule has 2 fully saturated rings. The number of morpholine rings is 1. The number of amides is 1. The highest BCUT2D eigenvalue weighted by Gasteiger charge is 2.35. The first kappa shape index (κ1) is 9.93. The van der Waals surface area contributed by atoms with E-state index in [1.165, 1.54) is 0 Å². The fourth-order valence-electron chi connectivity index (χ4n) is 2.40. The first-order valence-corrected chi connectivity index (χ1v) is 5.22. The van der Waals surface area contributed by atoms with Crippen LogP contribution in [0.1, 0.15) is 12.8 Å². The second-order valence-corrected chi connectivity index (χ2v) is 4.50. The summed E-state index contributed by atoms with van der Waals surface area (Å²) in [6, 6.07) is 0.771. The van der Waals surface area contributed by atoms with Crippen molar-refractivity contribution in [2.75, 3.05) is 27.3 Å². The summed E-state index contributed by atoms with van der Waals surface area (Å²) in [5.74, 6) is 0.466. The fraction of sp³-hybridized carbons (Fsp3) is 0.900. The van der Waals surface area contributed by atoms with Crippen LogP contribution in [-0.2, 0) is 9.53 Å². The molecule has 4 heteroatoms. The Morgan fingerprint density at radius 3 is 2.36 bits per heavy atom. The molecule has 2 bridgehead atoms. The number of carbonyl (C=O) groups is 1. The van der Waals surface area contributed by atoms with Crippen molar-refractivity contribution in [1.29, 1.82) is 0 Å². The Hall–Kier alpha value is -0.610. The molecule has 0 aromatic rings. The van der Waals surface area contributed by atoms with Gasteiger partial charge in [-0.05, 0) is 12.8 Å². The summed E-state index contributed by atoms with van der Waals surface area (Å²) < 4.78 is 5.44. The third-order valence-electron chi connectivity index (χ3n) is 3.04. The Morgan fingerprint density at radius 1 is 1.29 bits per heavy atom. The van der Waals surface area contributed by atoms with Crippen LogP contribution in [-0.4, -0.2) is 50.2 Å². The number of nitrogens with zero attached hydrogens (tertiary/aromatic N) is 1. The van der Waals surface area contributed by atoms with E-state index < -0.39 is 0 Å². The van der Waals surface area contributed by atoms with Gasteiger partial charge in [-0.15, -0.1) is 0 Å². The predicted molar refractivity (Wildman–Crippen MR) is 52.9 cm³/mol. The molecule has 14 heavy (non-hydrogen) atoms. The van der Waals surface area contributed by atoms with Gasteiger partial charge < -0.3 is 15.0 Å². The predicted octanol–water partition coefficient (Wildman–Crippen LogP) is -0.158. The summed E-state index contributed by atoms with van der Waals surface area (Å²) in [5.41, 5.74) is 0. The Kier molecular flexibility index (Phi) is 2.74. The number of ether oxygens (including phenoxy) is 1. The Labute approximate surface area is 84.6 Å². The summed E-state index contributed by atoms with van der Waals surface area (Å²) in [5, 5.41) is 3.48. The summed E-state index contributed by atoms with van der Waals surface area (Å²) in [4.78, 5) is 13.5. The minimum absolute atomic E-state index is 0.199. The van der Waals surface area contributed by atoms with Crippen LogP contribution in [0.5, 0.6) is 0 Å². The Bertz CT molecular complexity index is 218. The largest absolute Gasteiger partial charge is 0.378 e. The molecule has 1 amide bonds. The van der Waals surface area contributed by atoms with Crippen molar-refractivity contribution >= 4 is 5.91 Å². The van der Waals surface area contributed by atoms with E-state index in [4.69, 9.17) is 4.74 Å². The van der Waals surface area contributed by atoms with Gasteiger partial charge in [0.15, 0.2) is 0 Å². The van der Waals surface area contributed by atoms with E-state index in [1.807, 2.05) is 14.1 Å². The molecule has 2 aliphatic rings. The van der Waals surface area contributed by atoms with Gasteiger partial charge in [0.2, 0.25) is 5.91 Å². The third-order valence-corrected chi connectivity index (χ3v) is 3.04. The SMILES string of the molecule is CN(C)C(=O)C1C[C@H]2COC[C@@H](C1)N2. The molecule has 4 nitrogen and oxygen atoms in total. The number of carbonyl (C=O) groups excluding carboxylic acids is 1. The van der Waals surface area contributed by atoms with E-state index in [9.17, 15) is 4.79 Å². The Morgan fingerprint density at radius 2 is 1.86 bits per heavy atom. The van der Waals surface area contributed by atoms with Crippen molar-refractivity contribution in [3.8, 4) is 0 Å². The average molecular weight is 198 g/mol. The zero-order valence-electron chi connectivity index (χ0n) is 8.82. The molecule has 2 rings (SSSR count). The van der Waals surface area contributed by atoms with Crippen LogP contribution in [0.4, 0.5) is 0 Å². The van der Waals surface area contributed by atoms with Gasteiger partial charge in [0, 0.05) is 32.1 Å². The maximum atomic E-state index is 11.8. The average Bonchev–Trinajstić information content (AvgIpc) is 2.15. The fourth-order valence-corrected chi connectivity index (χ4v) is 2.40. The molecule has 2 heterocycles. The van der Waals surface area contributed by atoms with Crippen molar-refractivity contribution in [3.05, 3.63) is 0 Å². The Balaban J connectivity index is 1.98. The lowest BCUT2D eigenvalue weighted by atomic mass is 9.86. The molecule has 3 atom stereocenters. The van der Waals surface area contributed by atoms with Crippen LogP contribution in [0.2, 0.25) is 0 Å². The molecule has 1 N–H and O–H groups in total. The van der Waals surface area contributed by atoms with E-state index in [0.29, 0.717) is 12.1 Å². The molecule has 0 spiro atoms. The highest BCUT2D eigenvalue weighted by Crippen LogP contribution is 2.24. The van der Waals surface area contributed by atoms with Gasteiger partial charge in [-0.25, -0.2) is 0 Å². The number of hydrogen-bond acceptors (Lipinski definition) is 3. The summed E-state index contributed by atoms with van der Waals surface area (Å²) in [6.45, 7) is 1.52. The van der Waals surface area contributed by atoms with Crippen LogP contribution in [0.15, 0.2) is 0 Å². The maximum Gasteiger partial charge on any atom is 0.225 e. The van der Waals surface area contributed by atoms with E-state index in [0.717, 1.165) is 26.1 Å². The smallest absolute Gasteiger partial charge is 0.225 e. The van der Waals surface area contributed by atoms with Crippen molar-refractivity contribution in [1.82, 2.24) is 10.2 Å². The molecule has 80 valence electrons. The molecule has 2 saturated heterocycles. The minimum atomic E-state index is 0.199. The first-order chi connectivity index (χ1) is 6.66. The summed E-state index contributed by atoms with van der Waals surface area (Å²) >= 11 is 0. The van der Waals surface area contributed by atoms with Crippen LogP contribution in [0.3, 0.4) is 0 Å². The third kappa shape index (κ3) is 1.91. The van der Waals surface area contributed by atoms with E-state index in [-0.39, 0.29) is 11.8 Å². The highest BCUT2D eigenvalue weighted by molar-refractivity contribution is 5.78. The molecule has 0 aromatic heterocycles. The normalized spacial score (nSPS) is 36.6. The molecule has 0 saturated carbocycles. The van der Waals surface area contributed by atoms with E-state index in [2.05, 4.69) is 5.32 Å². The standard InChI is InChI=1S/C10H18N2O2/c1-12(2)10(13)7-3-8-5-14-6-9(4-7)11-8/h7-9,11H,3-6H2,1-2H3/t7?,8-,9+. The minimum Gasteiger partial charge on any atom is -0.378 e. The molecular formula is C10H18N2O2. The van der Waals surface area contributed by atoms with E-state index >= 15 is 0 Å². The summed E-state index contributed by atoms with van der Waals surface area (Å²) in [7, 11) is 3.66. The van der Waals surface area contributed by atoms with Crippen molar-refractivity contribution < 1.29 is 9.53 Å². The van der Waals surface area contributed by atoms with Gasteiger partial charge in [0.1, 0.15) is 0 Å². The lowest BCUT2D eigenvalue weighted by Crippen LogP contribution is -2.56. The number of fused-ring (bicyclic) bond motifs is 2. The zero-order valence-corrected chi connectivity index (χ0v) is 8.82. The van der Waals surface area contributed by atoms with Crippen LogP contribution >= 0.6 is 0 Å². The molecule has 2 aliphatic heterocycles. The second kappa shape index (κ2) is 3.87. The lowest BCUT2D eigenvalue weighted by Gasteiger charge is -2.40. The quantitative estimate of drug-likeness (QED) is 0.636. The molecule has 0 radical (unpaired) electrons. The molecule has 0 aliphatic carbocycles. The molecule has 0 aromatic carbocycles. The summed E-state index contributed by atoms with van der Waals surface area (Å²) in [6.07, 6.45) is 1.85. The topological polar surface area (TPSA) is 41.6 Å². The maximum absolute atomic E-state index is 11.8. The van der Waals surface area contributed by atoms with Gasteiger partial charge in [-0.1, -0.05) is 0 Å². The number of rotatable bonds is 1. The number of nitrogens with one attached hydrogen (secondary N) is 1. The number of hydrogen-bond donors (Lipinski definition) is 1. The van der Waals surface area contributed by atoms with E-state index in [1.54, 1.807) is 4.90 Å². The van der Waals surface area contributed by atoms with Gasteiger partial charge in [-0.2, -0.15) is 0 Å². The van der Waals surface area contributed by atoms with Gasteiger partial charge in [-0.3, -0.25) is 4.79 Å². The van der Waals surface area contributed by atoms with Crippen molar-refractivity contribution in [2.45, 2.75) is 24.9 Å². The van der Waals surface area contributed by atoms with Crippen LogP contribution < -0.4 is 5.32 Å². The van der Waals surface area contributed by atoms with Crippen molar-refractivity contribution in [2.24, 2.45) is 5.92 Å². The van der Waals surface area contributed by atoms with Gasteiger partial charge in [0.25, 0.3) is 0 Å². The van der Waals surface area contributed by atoms with Gasteiger partial charge in [0.05, 0.1) is 13.2 Å².